The molecule has 0 aliphatic carbocycles. The van der Waals surface area contributed by atoms with Crippen molar-refractivity contribution in [3.8, 4) is 0 Å². The van der Waals surface area contributed by atoms with Crippen LogP contribution in [0.1, 0.15) is 40.0 Å². The molecule has 0 radical (unpaired) electrons. The molecule has 106 valence electrons. The Bertz CT molecular complexity index is 255. The van der Waals surface area contributed by atoms with E-state index in [1.165, 1.54) is 0 Å². The van der Waals surface area contributed by atoms with Gasteiger partial charge in [-0.05, 0) is 53.1 Å². The molecule has 1 fully saturated rings. The maximum atomic E-state index is 11.6. The molecular weight excluding hydrogens is 230 g/mol. The van der Waals surface area contributed by atoms with Crippen LogP contribution < -0.4 is 11.1 Å². The van der Waals surface area contributed by atoms with Gasteiger partial charge in [0.2, 0.25) is 0 Å². The SMILES string of the molecule is CC(C)(C)OC(=O)NC1CCN(CCCN)CC1. The number of nitrogens with two attached hydrogens (primary N) is 1. The van der Waals surface area contributed by atoms with E-state index in [0.29, 0.717) is 0 Å². The van der Waals surface area contributed by atoms with Crippen molar-refractivity contribution in [3.63, 3.8) is 0 Å². The van der Waals surface area contributed by atoms with Gasteiger partial charge in [0, 0.05) is 19.1 Å². The van der Waals surface area contributed by atoms with Crippen LogP contribution in [0.25, 0.3) is 0 Å². The summed E-state index contributed by atoms with van der Waals surface area (Å²) >= 11 is 0. The van der Waals surface area contributed by atoms with Crippen molar-refractivity contribution >= 4 is 6.09 Å². The van der Waals surface area contributed by atoms with Crippen LogP contribution in [-0.4, -0.2) is 48.8 Å². The van der Waals surface area contributed by atoms with E-state index in [9.17, 15) is 4.79 Å². The van der Waals surface area contributed by atoms with Crippen LogP contribution in [0, 0.1) is 0 Å². The van der Waals surface area contributed by atoms with E-state index in [1.807, 2.05) is 20.8 Å². The number of nitrogens with one attached hydrogen (secondary N) is 1. The average Bonchev–Trinajstić information content (AvgIpc) is 2.25. The van der Waals surface area contributed by atoms with Gasteiger partial charge in [-0.3, -0.25) is 0 Å². The van der Waals surface area contributed by atoms with E-state index in [0.717, 1.165) is 45.4 Å². The first-order chi connectivity index (χ1) is 8.40. The van der Waals surface area contributed by atoms with Crippen LogP contribution in [0.4, 0.5) is 4.79 Å². The fourth-order valence-corrected chi connectivity index (χ4v) is 2.09. The van der Waals surface area contributed by atoms with E-state index < -0.39 is 5.60 Å². The van der Waals surface area contributed by atoms with Crippen molar-refractivity contribution in [2.75, 3.05) is 26.2 Å². The normalized spacial score (nSPS) is 18.7. The van der Waals surface area contributed by atoms with Gasteiger partial charge in [0.1, 0.15) is 5.60 Å². The Morgan fingerprint density at radius 2 is 2.00 bits per heavy atom. The van der Waals surface area contributed by atoms with Crippen molar-refractivity contribution in [2.24, 2.45) is 5.73 Å². The number of alkyl carbamates (subject to hydrolysis) is 1. The molecule has 1 aliphatic heterocycles. The number of amides is 1. The van der Waals surface area contributed by atoms with Crippen molar-refractivity contribution < 1.29 is 9.53 Å². The predicted molar refractivity (Wildman–Crippen MR) is 72.5 cm³/mol. The summed E-state index contributed by atoms with van der Waals surface area (Å²) < 4.78 is 5.25. The standard InChI is InChI=1S/C13H27N3O2/c1-13(2,3)18-12(17)15-11-5-9-16(10-6-11)8-4-7-14/h11H,4-10,14H2,1-3H3,(H,15,17). The summed E-state index contributed by atoms with van der Waals surface area (Å²) in [6.07, 6.45) is 2.72. The zero-order chi connectivity index (χ0) is 13.6. The molecule has 5 nitrogen and oxygen atoms in total. The van der Waals surface area contributed by atoms with E-state index in [2.05, 4.69) is 10.2 Å². The summed E-state index contributed by atoms with van der Waals surface area (Å²) in [5, 5.41) is 2.94. The van der Waals surface area contributed by atoms with E-state index in [1.54, 1.807) is 0 Å². The zero-order valence-corrected chi connectivity index (χ0v) is 11.9. The molecule has 1 amide bonds. The first-order valence-corrected chi connectivity index (χ1v) is 6.82. The van der Waals surface area contributed by atoms with Gasteiger partial charge in [-0.15, -0.1) is 0 Å². The molecule has 0 spiro atoms. The van der Waals surface area contributed by atoms with Crippen LogP contribution in [0.2, 0.25) is 0 Å². The monoisotopic (exact) mass is 257 g/mol. The Kier molecular flexibility index (Phi) is 5.88. The molecule has 0 unspecified atom stereocenters. The number of carbonyl (C=O) groups is 1. The van der Waals surface area contributed by atoms with E-state index >= 15 is 0 Å². The van der Waals surface area contributed by atoms with Crippen molar-refractivity contribution in [1.82, 2.24) is 10.2 Å². The maximum Gasteiger partial charge on any atom is 0.407 e. The lowest BCUT2D eigenvalue weighted by Crippen LogP contribution is -2.46. The third-order valence-corrected chi connectivity index (χ3v) is 2.99. The number of ether oxygens (including phenoxy) is 1. The lowest BCUT2D eigenvalue weighted by Gasteiger charge is -2.32. The molecule has 18 heavy (non-hydrogen) atoms. The highest BCUT2D eigenvalue weighted by Gasteiger charge is 2.23. The number of nitrogens with zero attached hydrogens (tertiary/aromatic N) is 1. The van der Waals surface area contributed by atoms with Crippen LogP contribution in [0.3, 0.4) is 0 Å². The van der Waals surface area contributed by atoms with Crippen molar-refractivity contribution in [3.05, 3.63) is 0 Å². The fraction of sp³-hybridized carbons (Fsp3) is 0.923. The molecule has 0 aromatic heterocycles. The smallest absolute Gasteiger partial charge is 0.407 e. The molecule has 0 bridgehead atoms. The molecule has 1 saturated heterocycles. The first-order valence-electron chi connectivity index (χ1n) is 6.82. The van der Waals surface area contributed by atoms with Gasteiger partial charge < -0.3 is 20.7 Å². The molecule has 1 heterocycles. The molecule has 3 N–H and O–H groups in total. The van der Waals surface area contributed by atoms with Gasteiger partial charge in [-0.1, -0.05) is 0 Å². The topological polar surface area (TPSA) is 67.6 Å². The summed E-state index contributed by atoms with van der Waals surface area (Å²) in [5.41, 5.74) is 5.07. The van der Waals surface area contributed by atoms with Crippen molar-refractivity contribution in [1.29, 1.82) is 0 Å². The molecule has 5 heteroatoms. The lowest BCUT2D eigenvalue weighted by molar-refractivity contribution is 0.0479. The summed E-state index contributed by atoms with van der Waals surface area (Å²) in [4.78, 5) is 14.0. The quantitative estimate of drug-likeness (QED) is 0.797. The largest absolute Gasteiger partial charge is 0.444 e. The first kappa shape index (κ1) is 15.2. The Hall–Kier alpha value is -0.810. The second-order valence-corrected chi connectivity index (χ2v) is 5.90. The van der Waals surface area contributed by atoms with Gasteiger partial charge in [0.25, 0.3) is 0 Å². The highest BCUT2D eigenvalue weighted by atomic mass is 16.6. The van der Waals surface area contributed by atoms with E-state index in [-0.39, 0.29) is 12.1 Å². The minimum absolute atomic E-state index is 0.244. The molecular formula is C13H27N3O2. The van der Waals surface area contributed by atoms with Gasteiger partial charge in [0.05, 0.1) is 0 Å². The Morgan fingerprint density at radius 1 is 1.39 bits per heavy atom. The number of hydrogen-bond acceptors (Lipinski definition) is 4. The summed E-state index contributed by atoms with van der Waals surface area (Å²) in [7, 11) is 0. The minimum atomic E-state index is -0.425. The molecule has 1 aliphatic rings. The highest BCUT2D eigenvalue weighted by Crippen LogP contribution is 2.12. The number of hydrogen-bond donors (Lipinski definition) is 2. The Morgan fingerprint density at radius 3 is 2.50 bits per heavy atom. The third kappa shape index (κ3) is 6.21. The predicted octanol–water partition coefficient (Wildman–Crippen LogP) is 1.32. The fourth-order valence-electron chi connectivity index (χ4n) is 2.09. The second-order valence-electron chi connectivity index (χ2n) is 5.90. The summed E-state index contributed by atoms with van der Waals surface area (Å²) in [5.74, 6) is 0. The number of rotatable bonds is 4. The van der Waals surface area contributed by atoms with Gasteiger partial charge in [0.15, 0.2) is 0 Å². The van der Waals surface area contributed by atoms with Crippen LogP contribution in [0.5, 0.6) is 0 Å². The van der Waals surface area contributed by atoms with E-state index in [4.69, 9.17) is 10.5 Å². The molecule has 0 aromatic carbocycles. The number of piperidine rings is 1. The minimum Gasteiger partial charge on any atom is -0.444 e. The van der Waals surface area contributed by atoms with Crippen LogP contribution in [0.15, 0.2) is 0 Å². The van der Waals surface area contributed by atoms with Crippen molar-refractivity contribution in [2.45, 2.75) is 51.7 Å². The van der Waals surface area contributed by atoms with Crippen LogP contribution >= 0.6 is 0 Å². The maximum absolute atomic E-state index is 11.6. The number of carbonyl (C=O) groups excluding carboxylic acids is 1. The van der Waals surface area contributed by atoms with Gasteiger partial charge in [-0.2, -0.15) is 0 Å². The zero-order valence-electron chi connectivity index (χ0n) is 11.9. The highest BCUT2D eigenvalue weighted by molar-refractivity contribution is 5.68. The number of likely N-dealkylation sites (tertiary alicyclic amines) is 1. The van der Waals surface area contributed by atoms with Gasteiger partial charge in [-0.25, -0.2) is 4.79 Å². The summed E-state index contributed by atoms with van der Waals surface area (Å²) in [6.45, 7) is 9.50. The average molecular weight is 257 g/mol. The lowest BCUT2D eigenvalue weighted by atomic mass is 10.1. The second kappa shape index (κ2) is 6.95. The molecule has 0 saturated carbocycles. The van der Waals surface area contributed by atoms with Crippen LogP contribution in [-0.2, 0) is 4.74 Å². The molecule has 1 rings (SSSR count). The Labute approximate surface area is 110 Å². The Balaban J connectivity index is 2.21. The van der Waals surface area contributed by atoms with Gasteiger partial charge >= 0.3 is 6.09 Å². The third-order valence-electron chi connectivity index (χ3n) is 2.99. The molecule has 0 atom stereocenters. The molecule has 0 aromatic rings. The summed E-state index contributed by atoms with van der Waals surface area (Å²) in [6, 6.07) is 0.244.